The molecule has 0 fully saturated rings. The van der Waals surface area contributed by atoms with Crippen molar-refractivity contribution in [3.05, 3.63) is 64.3 Å². The highest BCUT2D eigenvalue weighted by molar-refractivity contribution is 6.35. The Balaban J connectivity index is 2.21. The van der Waals surface area contributed by atoms with Crippen molar-refractivity contribution in [2.24, 2.45) is 0 Å². The summed E-state index contributed by atoms with van der Waals surface area (Å²) in [5.41, 5.74) is 2.24. The number of nitrogens with zero attached hydrogens (tertiary/aromatic N) is 4. The Kier molecular flexibility index (Phi) is 4.31. The summed E-state index contributed by atoms with van der Waals surface area (Å²) in [6.45, 7) is -0.304. The van der Waals surface area contributed by atoms with Gasteiger partial charge in [0, 0.05) is 42.9 Å². The lowest BCUT2D eigenvalue weighted by Crippen LogP contribution is -2.20. The van der Waals surface area contributed by atoms with Crippen molar-refractivity contribution in [3.8, 4) is 5.69 Å². The molecule has 0 bridgehead atoms. The Hall–Kier alpha value is -3.32. The fraction of sp³-hybridized carbons (Fsp3) is 0.150. The van der Waals surface area contributed by atoms with Crippen LogP contribution in [-0.4, -0.2) is 39.3 Å². The van der Waals surface area contributed by atoms with E-state index in [-0.39, 0.29) is 12.0 Å². The maximum atomic E-state index is 13.2. The fourth-order valence-electron chi connectivity index (χ4n) is 3.51. The van der Waals surface area contributed by atoms with Crippen LogP contribution in [0.4, 0.5) is 5.69 Å². The average molecular weight is 397 g/mol. The van der Waals surface area contributed by atoms with Crippen LogP contribution in [0.1, 0.15) is 0 Å². The molecule has 0 amide bonds. The first-order chi connectivity index (χ1) is 13.4. The van der Waals surface area contributed by atoms with Crippen LogP contribution in [0, 0.1) is 0 Å². The Morgan fingerprint density at radius 2 is 1.96 bits per heavy atom. The Morgan fingerprint density at radius 3 is 2.61 bits per heavy atom. The van der Waals surface area contributed by atoms with Crippen LogP contribution in [0.5, 0.6) is 0 Å². The van der Waals surface area contributed by atoms with Crippen molar-refractivity contribution in [1.29, 1.82) is 0 Å². The molecule has 0 unspecified atom stereocenters. The molecule has 1 N–H and O–H groups in total. The summed E-state index contributed by atoms with van der Waals surface area (Å²) in [6, 6.07) is 8.63. The van der Waals surface area contributed by atoms with Gasteiger partial charge in [-0.05, 0) is 30.3 Å². The first-order valence-corrected chi connectivity index (χ1v) is 8.92. The largest absolute Gasteiger partial charge is 0.480 e. The molecule has 2 aromatic carbocycles. The molecule has 0 aliphatic carbocycles. The van der Waals surface area contributed by atoms with Crippen LogP contribution in [-0.2, 0) is 11.3 Å². The van der Waals surface area contributed by atoms with Gasteiger partial charge in [-0.2, -0.15) is 0 Å². The third kappa shape index (κ3) is 2.80. The van der Waals surface area contributed by atoms with Gasteiger partial charge in [-0.25, -0.2) is 4.98 Å². The van der Waals surface area contributed by atoms with Crippen molar-refractivity contribution >= 4 is 45.1 Å². The Bertz CT molecular complexity index is 1280. The number of hydrogen-bond donors (Lipinski definition) is 1. The lowest BCUT2D eigenvalue weighted by Gasteiger charge is -2.22. The van der Waals surface area contributed by atoms with Gasteiger partial charge in [0.2, 0.25) is 0 Å². The van der Waals surface area contributed by atoms with E-state index in [1.165, 1.54) is 0 Å². The Morgan fingerprint density at radius 1 is 1.21 bits per heavy atom. The molecule has 0 spiro atoms. The summed E-state index contributed by atoms with van der Waals surface area (Å²) in [5.74, 6) is -1.01. The molecule has 0 aliphatic rings. The standard InChI is InChI=1S/C20H17ClN4O3/c1-23(2)19-15(21)6-5-14-18(19)25(10-17(26)27)16-9-12(24-8-7-22-11-24)3-4-13(16)20(14)28/h3-9,11H,10H2,1-2H3,(H,26,27). The first kappa shape index (κ1) is 18.1. The SMILES string of the molecule is CN(C)c1c(Cl)ccc2c(=O)c3ccc(-n4ccnc4)cc3n(CC(=O)O)c12. The number of aliphatic carboxylic acids is 1. The van der Waals surface area contributed by atoms with Gasteiger partial charge < -0.3 is 19.1 Å². The van der Waals surface area contributed by atoms with Gasteiger partial charge in [0.05, 0.1) is 28.1 Å². The number of carboxylic acid groups (broad SMARTS) is 1. The molecule has 0 atom stereocenters. The molecule has 0 saturated carbocycles. The van der Waals surface area contributed by atoms with E-state index in [1.807, 2.05) is 20.2 Å². The number of carbonyl (C=O) groups is 1. The lowest BCUT2D eigenvalue weighted by atomic mass is 10.1. The topological polar surface area (TPSA) is 80.4 Å². The minimum Gasteiger partial charge on any atom is -0.480 e. The van der Waals surface area contributed by atoms with Crippen molar-refractivity contribution in [3.63, 3.8) is 0 Å². The predicted molar refractivity (Wildman–Crippen MR) is 110 cm³/mol. The Labute approximate surface area is 165 Å². The number of fused-ring (bicyclic) bond motifs is 2. The van der Waals surface area contributed by atoms with Gasteiger partial charge in [0.1, 0.15) is 6.54 Å². The summed E-state index contributed by atoms with van der Waals surface area (Å²) in [5, 5.41) is 10.9. The fourth-order valence-corrected chi connectivity index (χ4v) is 3.83. The van der Waals surface area contributed by atoms with Crippen LogP contribution < -0.4 is 10.3 Å². The number of hydrogen-bond acceptors (Lipinski definition) is 4. The van der Waals surface area contributed by atoms with Crippen molar-refractivity contribution < 1.29 is 9.90 Å². The highest BCUT2D eigenvalue weighted by Crippen LogP contribution is 2.34. The van der Waals surface area contributed by atoms with Crippen LogP contribution in [0.25, 0.3) is 27.5 Å². The molecule has 2 heterocycles. The minimum atomic E-state index is -1.01. The van der Waals surface area contributed by atoms with E-state index in [0.29, 0.717) is 32.5 Å². The normalized spacial score (nSPS) is 11.2. The number of halogens is 1. The van der Waals surface area contributed by atoms with E-state index in [0.717, 1.165) is 5.69 Å². The van der Waals surface area contributed by atoms with Crippen LogP contribution in [0.3, 0.4) is 0 Å². The molecule has 0 aliphatic heterocycles. The molecule has 8 heteroatoms. The molecular formula is C20H17ClN4O3. The van der Waals surface area contributed by atoms with Crippen molar-refractivity contribution in [2.45, 2.75) is 6.54 Å². The minimum absolute atomic E-state index is 0.163. The second-order valence-corrected chi connectivity index (χ2v) is 7.07. The third-order valence-corrected chi connectivity index (χ3v) is 4.98. The smallest absolute Gasteiger partial charge is 0.323 e. The molecular weight excluding hydrogens is 380 g/mol. The van der Waals surface area contributed by atoms with Crippen LogP contribution >= 0.6 is 11.6 Å². The summed E-state index contributed by atoms with van der Waals surface area (Å²) in [6.07, 6.45) is 5.08. The maximum Gasteiger partial charge on any atom is 0.323 e. The van der Waals surface area contributed by atoms with Crippen LogP contribution in [0.2, 0.25) is 5.02 Å². The number of imidazole rings is 1. The van der Waals surface area contributed by atoms with Crippen molar-refractivity contribution in [2.75, 3.05) is 19.0 Å². The number of rotatable bonds is 4. The van der Waals surface area contributed by atoms with Gasteiger partial charge in [-0.1, -0.05) is 11.6 Å². The number of anilines is 1. The second kappa shape index (κ2) is 6.69. The molecule has 142 valence electrons. The highest BCUT2D eigenvalue weighted by Gasteiger charge is 2.19. The van der Waals surface area contributed by atoms with E-state index >= 15 is 0 Å². The van der Waals surface area contributed by atoms with Gasteiger partial charge >= 0.3 is 5.97 Å². The number of pyridine rings is 1. The van der Waals surface area contributed by atoms with Gasteiger partial charge in [0.25, 0.3) is 0 Å². The second-order valence-electron chi connectivity index (χ2n) is 6.67. The molecule has 2 aromatic heterocycles. The molecule has 0 radical (unpaired) electrons. The van der Waals surface area contributed by atoms with E-state index in [9.17, 15) is 14.7 Å². The van der Waals surface area contributed by atoms with Gasteiger partial charge in [0.15, 0.2) is 5.43 Å². The summed E-state index contributed by atoms with van der Waals surface area (Å²) in [7, 11) is 3.62. The zero-order valence-corrected chi connectivity index (χ0v) is 16.0. The van der Waals surface area contributed by atoms with Gasteiger partial charge in [-0.3, -0.25) is 9.59 Å². The number of aromatic nitrogens is 3. The third-order valence-electron chi connectivity index (χ3n) is 4.68. The molecule has 7 nitrogen and oxygen atoms in total. The summed E-state index contributed by atoms with van der Waals surface area (Å²) >= 11 is 6.41. The lowest BCUT2D eigenvalue weighted by molar-refractivity contribution is -0.137. The van der Waals surface area contributed by atoms with Crippen LogP contribution in [0.15, 0.2) is 53.8 Å². The zero-order chi connectivity index (χ0) is 20.0. The molecule has 4 aromatic rings. The van der Waals surface area contributed by atoms with Crippen molar-refractivity contribution in [1.82, 2.24) is 14.1 Å². The molecule has 4 rings (SSSR count). The molecule has 0 saturated heterocycles. The maximum absolute atomic E-state index is 13.2. The van der Waals surface area contributed by atoms with E-state index in [2.05, 4.69) is 4.98 Å². The summed E-state index contributed by atoms with van der Waals surface area (Å²) in [4.78, 5) is 30.7. The highest BCUT2D eigenvalue weighted by atomic mass is 35.5. The average Bonchev–Trinajstić information content (AvgIpc) is 3.18. The summed E-state index contributed by atoms with van der Waals surface area (Å²) < 4.78 is 3.43. The van der Waals surface area contributed by atoms with E-state index < -0.39 is 5.97 Å². The monoisotopic (exact) mass is 396 g/mol. The molecule has 28 heavy (non-hydrogen) atoms. The zero-order valence-electron chi connectivity index (χ0n) is 15.3. The quantitative estimate of drug-likeness (QED) is 0.536. The number of benzene rings is 2. The van der Waals surface area contributed by atoms with E-state index in [1.54, 1.807) is 57.0 Å². The predicted octanol–water partition coefficient (Wildman–Crippen LogP) is 3.14. The van der Waals surface area contributed by atoms with E-state index in [4.69, 9.17) is 11.6 Å². The van der Waals surface area contributed by atoms with Gasteiger partial charge in [-0.15, -0.1) is 0 Å². The first-order valence-electron chi connectivity index (χ1n) is 8.54. The number of carboxylic acids is 1.